The highest BCUT2D eigenvalue weighted by Crippen LogP contribution is 2.11. The highest BCUT2D eigenvalue weighted by Gasteiger charge is 2.07. The predicted octanol–water partition coefficient (Wildman–Crippen LogP) is 1.84. The number of nitrogens with zero attached hydrogens (tertiary/aromatic N) is 2. The van der Waals surface area contributed by atoms with Crippen molar-refractivity contribution in [2.75, 3.05) is 5.32 Å². The maximum absolute atomic E-state index is 11.9. The molecule has 0 bridgehead atoms. The predicted molar refractivity (Wildman–Crippen MR) is 69.3 cm³/mol. The average Bonchev–Trinajstić information content (AvgIpc) is 2.39. The number of hydrogen-bond acceptors (Lipinski definition) is 4. The van der Waals surface area contributed by atoms with Gasteiger partial charge in [-0.25, -0.2) is 4.98 Å². The van der Waals surface area contributed by atoms with Gasteiger partial charge in [0.25, 0.3) is 5.91 Å². The van der Waals surface area contributed by atoms with E-state index in [2.05, 4.69) is 15.3 Å². The van der Waals surface area contributed by atoms with Crippen LogP contribution in [0.1, 0.15) is 16.1 Å². The molecule has 2 aromatic heterocycles. The molecule has 0 fully saturated rings. The van der Waals surface area contributed by atoms with E-state index in [1.807, 2.05) is 0 Å². The zero-order valence-electron chi connectivity index (χ0n) is 9.43. The van der Waals surface area contributed by atoms with E-state index >= 15 is 0 Å². The molecule has 0 saturated heterocycles. The summed E-state index contributed by atoms with van der Waals surface area (Å²) in [6, 6.07) is 8.26. The van der Waals surface area contributed by atoms with Gasteiger partial charge in [-0.3, -0.25) is 9.78 Å². The summed E-state index contributed by atoms with van der Waals surface area (Å²) in [4.78, 5) is 19.9. The van der Waals surface area contributed by atoms with Crippen LogP contribution in [0.2, 0.25) is 5.15 Å². The number of amides is 1. The van der Waals surface area contributed by atoms with Crippen molar-refractivity contribution in [1.29, 1.82) is 0 Å². The van der Waals surface area contributed by atoms with E-state index < -0.39 is 0 Å². The van der Waals surface area contributed by atoms with Gasteiger partial charge in [0.2, 0.25) is 0 Å². The van der Waals surface area contributed by atoms with Crippen LogP contribution in [0, 0.1) is 0 Å². The number of nitrogens with one attached hydrogen (secondary N) is 1. The molecule has 18 heavy (non-hydrogen) atoms. The molecule has 1 amide bonds. The van der Waals surface area contributed by atoms with E-state index in [1.165, 1.54) is 0 Å². The Morgan fingerprint density at radius 3 is 2.94 bits per heavy atom. The summed E-state index contributed by atoms with van der Waals surface area (Å²) in [7, 11) is 0. The first-order valence-corrected chi connectivity index (χ1v) is 5.66. The normalized spacial score (nSPS) is 10.1. The number of hydrogen-bond donors (Lipinski definition) is 2. The number of nitrogens with two attached hydrogens (primary N) is 1. The number of aromatic nitrogens is 2. The second kappa shape index (κ2) is 5.57. The smallest absolute Gasteiger partial charge is 0.256 e. The largest absolute Gasteiger partial charge is 0.325 e. The fraction of sp³-hybridized carbons (Fsp3) is 0.0833. The first kappa shape index (κ1) is 12.5. The summed E-state index contributed by atoms with van der Waals surface area (Å²) in [5, 5.41) is 2.97. The molecule has 92 valence electrons. The third-order valence-electron chi connectivity index (χ3n) is 2.24. The zero-order chi connectivity index (χ0) is 13.0. The van der Waals surface area contributed by atoms with E-state index in [1.54, 1.807) is 36.5 Å². The molecule has 0 atom stereocenters. The Morgan fingerprint density at radius 2 is 2.22 bits per heavy atom. The van der Waals surface area contributed by atoms with E-state index in [0.29, 0.717) is 22.2 Å². The third-order valence-corrected chi connectivity index (χ3v) is 2.46. The SMILES string of the molecule is NCc1cc(C(=O)Nc2cccc(Cl)n2)ccn1. The lowest BCUT2D eigenvalue weighted by molar-refractivity contribution is 0.102. The Labute approximate surface area is 109 Å². The van der Waals surface area contributed by atoms with Crippen molar-refractivity contribution in [1.82, 2.24) is 9.97 Å². The molecule has 2 heterocycles. The third kappa shape index (κ3) is 3.03. The highest BCUT2D eigenvalue weighted by molar-refractivity contribution is 6.29. The van der Waals surface area contributed by atoms with Crippen LogP contribution in [0.15, 0.2) is 36.5 Å². The quantitative estimate of drug-likeness (QED) is 0.827. The second-order valence-electron chi connectivity index (χ2n) is 3.54. The summed E-state index contributed by atoms with van der Waals surface area (Å²) < 4.78 is 0. The number of rotatable bonds is 3. The Bertz CT molecular complexity index is 574. The first-order valence-electron chi connectivity index (χ1n) is 5.28. The van der Waals surface area contributed by atoms with E-state index in [4.69, 9.17) is 17.3 Å². The first-order chi connectivity index (χ1) is 8.69. The Hall–Kier alpha value is -1.98. The van der Waals surface area contributed by atoms with Crippen molar-refractivity contribution in [2.45, 2.75) is 6.54 Å². The van der Waals surface area contributed by atoms with Gasteiger partial charge in [-0.2, -0.15) is 0 Å². The lowest BCUT2D eigenvalue weighted by atomic mass is 10.2. The standard InChI is InChI=1S/C12H11ClN4O/c13-10-2-1-3-11(16-10)17-12(18)8-4-5-15-9(6-8)7-14/h1-6H,7,14H2,(H,16,17,18). The van der Waals surface area contributed by atoms with Crippen molar-refractivity contribution in [3.8, 4) is 0 Å². The molecule has 2 aromatic rings. The fourth-order valence-corrected chi connectivity index (χ4v) is 1.56. The molecule has 5 nitrogen and oxygen atoms in total. The zero-order valence-corrected chi connectivity index (χ0v) is 10.2. The molecule has 0 aliphatic rings. The molecule has 0 aliphatic heterocycles. The van der Waals surface area contributed by atoms with Gasteiger partial charge in [0.1, 0.15) is 11.0 Å². The summed E-state index contributed by atoms with van der Waals surface area (Å²) in [5.41, 5.74) is 6.60. The molecule has 6 heteroatoms. The lowest BCUT2D eigenvalue weighted by Gasteiger charge is -2.05. The van der Waals surface area contributed by atoms with Crippen LogP contribution >= 0.6 is 11.6 Å². The van der Waals surface area contributed by atoms with Gasteiger partial charge in [-0.1, -0.05) is 17.7 Å². The minimum atomic E-state index is -0.276. The maximum atomic E-state index is 11.9. The van der Waals surface area contributed by atoms with E-state index in [9.17, 15) is 4.79 Å². The number of halogens is 1. The molecular formula is C12H11ClN4O. The number of pyridine rings is 2. The van der Waals surface area contributed by atoms with Gasteiger partial charge < -0.3 is 11.1 Å². The molecule has 0 spiro atoms. The summed E-state index contributed by atoms with van der Waals surface area (Å²) in [5.74, 6) is 0.125. The van der Waals surface area contributed by atoms with Gasteiger partial charge in [-0.05, 0) is 24.3 Å². The number of carbonyl (C=O) groups is 1. The summed E-state index contributed by atoms with van der Waals surface area (Å²) in [6.07, 6.45) is 1.54. The average molecular weight is 263 g/mol. The van der Waals surface area contributed by atoms with Gasteiger partial charge in [0.05, 0.1) is 5.69 Å². The Morgan fingerprint density at radius 1 is 1.39 bits per heavy atom. The van der Waals surface area contributed by atoms with Crippen molar-refractivity contribution in [3.63, 3.8) is 0 Å². The molecule has 0 saturated carbocycles. The molecule has 0 radical (unpaired) electrons. The maximum Gasteiger partial charge on any atom is 0.256 e. The monoisotopic (exact) mass is 262 g/mol. The van der Waals surface area contributed by atoms with Crippen LogP contribution in [-0.2, 0) is 6.54 Å². The van der Waals surface area contributed by atoms with Crippen LogP contribution in [0.5, 0.6) is 0 Å². The highest BCUT2D eigenvalue weighted by atomic mass is 35.5. The van der Waals surface area contributed by atoms with Crippen LogP contribution in [0.3, 0.4) is 0 Å². The van der Waals surface area contributed by atoms with Crippen molar-refractivity contribution in [3.05, 3.63) is 52.9 Å². The van der Waals surface area contributed by atoms with Gasteiger partial charge in [0.15, 0.2) is 0 Å². The van der Waals surface area contributed by atoms with Gasteiger partial charge in [-0.15, -0.1) is 0 Å². The van der Waals surface area contributed by atoms with Crippen molar-refractivity contribution < 1.29 is 4.79 Å². The summed E-state index contributed by atoms with van der Waals surface area (Å²) in [6.45, 7) is 0.288. The minimum Gasteiger partial charge on any atom is -0.325 e. The Balaban J connectivity index is 2.16. The van der Waals surface area contributed by atoms with E-state index in [0.717, 1.165) is 0 Å². The van der Waals surface area contributed by atoms with Crippen LogP contribution in [0.25, 0.3) is 0 Å². The van der Waals surface area contributed by atoms with Crippen LogP contribution in [-0.4, -0.2) is 15.9 Å². The second-order valence-corrected chi connectivity index (χ2v) is 3.93. The molecule has 3 N–H and O–H groups in total. The summed E-state index contributed by atoms with van der Waals surface area (Å²) >= 11 is 5.73. The molecular weight excluding hydrogens is 252 g/mol. The molecule has 0 aliphatic carbocycles. The van der Waals surface area contributed by atoms with Gasteiger partial charge >= 0.3 is 0 Å². The van der Waals surface area contributed by atoms with Crippen LogP contribution < -0.4 is 11.1 Å². The molecule has 2 rings (SSSR count). The molecule has 0 aromatic carbocycles. The van der Waals surface area contributed by atoms with Crippen LogP contribution in [0.4, 0.5) is 5.82 Å². The fourth-order valence-electron chi connectivity index (χ4n) is 1.40. The topological polar surface area (TPSA) is 80.9 Å². The van der Waals surface area contributed by atoms with Gasteiger partial charge in [0, 0.05) is 18.3 Å². The molecule has 0 unspecified atom stereocenters. The number of carbonyl (C=O) groups excluding carboxylic acids is 1. The lowest BCUT2D eigenvalue weighted by Crippen LogP contribution is -2.14. The van der Waals surface area contributed by atoms with E-state index in [-0.39, 0.29) is 12.5 Å². The minimum absolute atomic E-state index is 0.276. The van der Waals surface area contributed by atoms with Crippen molar-refractivity contribution in [2.24, 2.45) is 5.73 Å². The number of anilines is 1. The Kier molecular flexibility index (Phi) is 3.86. The van der Waals surface area contributed by atoms with Crippen molar-refractivity contribution >= 4 is 23.3 Å².